The van der Waals surface area contributed by atoms with Crippen LogP contribution < -0.4 is 11.1 Å². The van der Waals surface area contributed by atoms with Gasteiger partial charge in [-0.25, -0.2) is 4.79 Å². The van der Waals surface area contributed by atoms with Crippen molar-refractivity contribution in [1.82, 2.24) is 10.2 Å². The number of rotatable bonds is 3. The summed E-state index contributed by atoms with van der Waals surface area (Å²) in [5.74, 6) is -0.342. The summed E-state index contributed by atoms with van der Waals surface area (Å²) in [6, 6.07) is 8.30. The van der Waals surface area contributed by atoms with Gasteiger partial charge in [-0.3, -0.25) is 15.0 Å². The van der Waals surface area contributed by atoms with Gasteiger partial charge in [0.1, 0.15) is 6.04 Å². The average Bonchev–Trinajstić information content (AvgIpc) is 2.68. The van der Waals surface area contributed by atoms with Crippen LogP contribution in [0.2, 0.25) is 0 Å². The maximum Gasteiger partial charge on any atom is 0.318 e. The molecular weight excluding hydrogens is 254 g/mol. The van der Waals surface area contributed by atoms with E-state index < -0.39 is 12.1 Å². The normalized spacial score (nSPS) is 18.0. The van der Waals surface area contributed by atoms with Gasteiger partial charge in [0.15, 0.2) is 0 Å². The molecule has 108 valence electrons. The maximum atomic E-state index is 12.3. The van der Waals surface area contributed by atoms with Gasteiger partial charge in [0.25, 0.3) is 0 Å². The molecule has 0 saturated carbocycles. The lowest BCUT2D eigenvalue weighted by molar-refractivity contribution is -0.125. The molecule has 1 aliphatic heterocycles. The first-order valence-electron chi connectivity index (χ1n) is 7.08. The number of urea groups is 1. The third-order valence-electron chi connectivity index (χ3n) is 3.62. The minimum atomic E-state index is -0.800. The summed E-state index contributed by atoms with van der Waals surface area (Å²) in [5, 5.41) is 2.22. The predicted octanol–water partition coefficient (Wildman–Crippen LogP) is 1.80. The van der Waals surface area contributed by atoms with Crippen LogP contribution >= 0.6 is 0 Å². The molecule has 1 aliphatic rings. The topological polar surface area (TPSA) is 75.4 Å². The van der Waals surface area contributed by atoms with Crippen molar-refractivity contribution in [3.63, 3.8) is 0 Å². The van der Waals surface area contributed by atoms with Crippen LogP contribution in [-0.2, 0) is 4.79 Å². The van der Waals surface area contributed by atoms with E-state index in [1.54, 1.807) is 0 Å². The number of nitrogens with zero attached hydrogens (tertiary/aromatic N) is 1. The number of benzene rings is 1. The molecule has 5 heteroatoms. The van der Waals surface area contributed by atoms with E-state index in [9.17, 15) is 9.59 Å². The van der Waals surface area contributed by atoms with Gasteiger partial charge < -0.3 is 5.73 Å². The molecule has 1 atom stereocenters. The Bertz CT molecular complexity index is 453. The highest BCUT2D eigenvalue weighted by atomic mass is 16.2. The Morgan fingerprint density at radius 2 is 1.65 bits per heavy atom. The summed E-state index contributed by atoms with van der Waals surface area (Å²) in [5.41, 5.74) is 5.98. The van der Waals surface area contributed by atoms with Crippen molar-refractivity contribution in [2.75, 3.05) is 13.1 Å². The smallest absolute Gasteiger partial charge is 0.318 e. The second kappa shape index (κ2) is 7.05. The minimum absolute atomic E-state index is 0.342. The number of nitrogens with one attached hydrogen (secondary N) is 1. The lowest BCUT2D eigenvalue weighted by Crippen LogP contribution is -2.45. The molecule has 0 aliphatic carbocycles. The number of likely N-dealkylation sites (tertiary alicyclic amines) is 1. The van der Waals surface area contributed by atoms with Gasteiger partial charge in [-0.1, -0.05) is 43.2 Å². The van der Waals surface area contributed by atoms with Crippen LogP contribution in [0.4, 0.5) is 4.79 Å². The molecule has 0 bridgehead atoms. The molecule has 0 radical (unpaired) electrons. The molecule has 2 rings (SSSR count). The van der Waals surface area contributed by atoms with Gasteiger partial charge in [-0.15, -0.1) is 0 Å². The molecule has 1 saturated heterocycles. The van der Waals surface area contributed by atoms with Crippen LogP contribution in [0.1, 0.15) is 37.3 Å². The van der Waals surface area contributed by atoms with E-state index in [0.29, 0.717) is 0 Å². The highest BCUT2D eigenvalue weighted by molar-refractivity contribution is 5.96. The Morgan fingerprint density at radius 1 is 1.05 bits per heavy atom. The number of hydrogen-bond donors (Lipinski definition) is 2. The molecule has 5 nitrogen and oxygen atoms in total. The molecule has 3 N–H and O–H groups in total. The molecular formula is C15H21N3O2. The number of carbonyl (C=O) groups excluding carboxylic acids is 2. The first-order valence-corrected chi connectivity index (χ1v) is 7.08. The number of nitrogens with two attached hydrogens (primary N) is 1. The summed E-state index contributed by atoms with van der Waals surface area (Å²) in [6.45, 7) is 1.73. The summed E-state index contributed by atoms with van der Waals surface area (Å²) >= 11 is 0. The molecule has 0 aromatic heterocycles. The Kier molecular flexibility index (Phi) is 5.12. The monoisotopic (exact) mass is 275 g/mol. The van der Waals surface area contributed by atoms with Gasteiger partial charge >= 0.3 is 6.03 Å². The Morgan fingerprint density at radius 3 is 2.20 bits per heavy atom. The lowest BCUT2D eigenvalue weighted by atomic mass is 10.0. The second-order valence-electron chi connectivity index (χ2n) is 5.12. The summed E-state index contributed by atoms with van der Waals surface area (Å²) < 4.78 is 0. The third kappa shape index (κ3) is 3.81. The molecule has 20 heavy (non-hydrogen) atoms. The van der Waals surface area contributed by atoms with Gasteiger partial charge in [0.05, 0.1) is 0 Å². The van der Waals surface area contributed by atoms with Crippen LogP contribution in [0.15, 0.2) is 30.3 Å². The first-order chi connectivity index (χ1) is 9.68. The van der Waals surface area contributed by atoms with Crippen LogP contribution in [0.3, 0.4) is 0 Å². The highest BCUT2D eigenvalue weighted by Gasteiger charge is 2.28. The zero-order valence-electron chi connectivity index (χ0n) is 11.5. The number of amides is 3. The van der Waals surface area contributed by atoms with E-state index in [1.807, 2.05) is 30.3 Å². The van der Waals surface area contributed by atoms with Crippen molar-refractivity contribution >= 4 is 11.9 Å². The van der Waals surface area contributed by atoms with Gasteiger partial charge in [-0.05, 0) is 31.5 Å². The van der Waals surface area contributed by atoms with E-state index in [2.05, 4.69) is 10.2 Å². The molecule has 1 heterocycles. The fourth-order valence-electron chi connectivity index (χ4n) is 2.71. The van der Waals surface area contributed by atoms with Crippen molar-refractivity contribution in [3.05, 3.63) is 35.9 Å². The first kappa shape index (κ1) is 14.5. The molecule has 1 aromatic rings. The third-order valence-corrected chi connectivity index (χ3v) is 3.62. The lowest BCUT2D eigenvalue weighted by Gasteiger charge is -2.29. The molecule has 0 unspecified atom stereocenters. The van der Waals surface area contributed by atoms with Crippen molar-refractivity contribution in [2.24, 2.45) is 5.73 Å². The zero-order valence-corrected chi connectivity index (χ0v) is 11.5. The fraction of sp³-hybridized carbons (Fsp3) is 0.467. The number of hydrogen-bond acceptors (Lipinski definition) is 3. The van der Waals surface area contributed by atoms with Crippen molar-refractivity contribution < 1.29 is 9.59 Å². The highest BCUT2D eigenvalue weighted by Crippen LogP contribution is 2.24. The predicted molar refractivity (Wildman–Crippen MR) is 77.0 cm³/mol. The van der Waals surface area contributed by atoms with E-state index in [-0.39, 0.29) is 5.91 Å². The summed E-state index contributed by atoms with van der Waals surface area (Å²) in [4.78, 5) is 25.4. The summed E-state index contributed by atoms with van der Waals surface area (Å²) in [7, 11) is 0. The van der Waals surface area contributed by atoms with E-state index in [1.165, 1.54) is 12.8 Å². The van der Waals surface area contributed by atoms with Crippen molar-refractivity contribution in [3.8, 4) is 0 Å². The molecule has 0 spiro atoms. The Hall–Kier alpha value is -1.88. The van der Waals surface area contributed by atoms with E-state index in [4.69, 9.17) is 5.73 Å². The Labute approximate surface area is 119 Å². The molecule has 1 fully saturated rings. The fourth-order valence-corrected chi connectivity index (χ4v) is 2.71. The van der Waals surface area contributed by atoms with Crippen molar-refractivity contribution in [1.29, 1.82) is 0 Å². The largest absolute Gasteiger partial charge is 0.351 e. The molecule has 1 aromatic carbocycles. The van der Waals surface area contributed by atoms with Crippen LogP contribution in [-0.4, -0.2) is 29.9 Å². The number of primary amides is 1. The van der Waals surface area contributed by atoms with Crippen LogP contribution in [0.5, 0.6) is 0 Å². The van der Waals surface area contributed by atoms with Gasteiger partial charge in [0, 0.05) is 0 Å². The second-order valence-corrected chi connectivity index (χ2v) is 5.12. The quantitative estimate of drug-likeness (QED) is 0.883. The zero-order chi connectivity index (χ0) is 14.4. The molecule has 3 amide bonds. The van der Waals surface area contributed by atoms with Crippen LogP contribution in [0, 0.1) is 0 Å². The maximum absolute atomic E-state index is 12.3. The standard InChI is InChI=1S/C15H21N3O2/c16-15(20)17-14(19)13(12-8-4-3-5-9-12)18-10-6-1-2-7-11-18/h3-5,8-9,13H,1-2,6-7,10-11H2,(H3,16,17,19,20)/t13-/m1/s1. The number of carbonyl (C=O) groups is 2. The number of imide groups is 1. The van der Waals surface area contributed by atoms with Crippen LogP contribution in [0.25, 0.3) is 0 Å². The minimum Gasteiger partial charge on any atom is -0.351 e. The van der Waals surface area contributed by atoms with Gasteiger partial charge in [-0.2, -0.15) is 0 Å². The SMILES string of the molecule is NC(=O)NC(=O)[C@@H](c1ccccc1)N1CCCCCC1. The Balaban J connectivity index is 2.23. The van der Waals surface area contributed by atoms with E-state index in [0.717, 1.165) is 31.5 Å². The van der Waals surface area contributed by atoms with Gasteiger partial charge in [0.2, 0.25) is 5.91 Å². The average molecular weight is 275 g/mol. The van der Waals surface area contributed by atoms with Crippen molar-refractivity contribution in [2.45, 2.75) is 31.7 Å². The van der Waals surface area contributed by atoms with E-state index >= 15 is 0 Å². The summed E-state index contributed by atoms with van der Waals surface area (Å²) in [6.07, 6.45) is 4.53.